The van der Waals surface area contributed by atoms with E-state index in [9.17, 15) is 14.4 Å². The predicted octanol–water partition coefficient (Wildman–Crippen LogP) is 2.48. The summed E-state index contributed by atoms with van der Waals surface area (Å²) in [4.78, 5) is 38.2. The number of benzene rings is 1. The summed E-state index contributed by atoms with van der Waals surface area (Å²) < 4.78 is 5.24. The molecule has 1 aromatic carbocycles. The Morgan fingerprint density at radius 3 is 2.42 bits per heavy atom. The van der Waals surface area contributed by atoms with Crippen molar-refractivity contribution in [2.75, 3.05) is 18.1 Å². The molecule has 0 N–H and O–H groups in total. The molecule has 2 fully saturated rings. The molecule has 0 aromatic heterocycles. The first-order chi connectivity index (χ1) is 12.6. The third kappa shape index (κ3) is 3.93. The predicted molar refractivity (Wildman–Crippen MR) is 93.9 cm³/mol. The van der Waals surface area contributed by atoms with E-state index in [2.05, 4.69) is 0 Å². The Morgan fingerprint density at radius 1 is 1.15 bits per heavy atom. The van der Waals surface area contributed by atoms with Gasteiger partial charge >= 0.3 is 5.97 Å². The topological polar surface area (TPSA) is 87.5 Å². The first-order valence-electron chi connectivity index (χ1n) is 9.03. The number of amides is 1. The van der Waals surface area contributed by atoms with Crippen LogP contribution in [0.3, 0.4) is 0 Å². The number of Topliss-reactive ketones (excluding diaryl/α,β-unsaturated/α-hetero) is 1. The van der Waals surface area contributed by atoms with Crippen molar-refractivity contribution in [1.29, 1.82) is 5.26 Å². The third-order valence-electron chi connectivity index (χ3n) is 5.32. The highest BCUT2D eigenvalue weighted by atomic mass is 16.5. The smallest absolute Gasteiger partial charge is 0.309 e. The number of carbonyl (C=O) groups excluding carboxylic acids is 3. The number of carbonyl (C=O) groups is 3. The van der Waals surface area contributed by atoms with Crippen LogP contribution in [-0.4, -0.2) is 30.8 Å². The van der Waals surface area contributed by atoms with Crippen LogP contribution in [0.15, 0.2) is 30.3 Å². The molecule has 3 rings (SSSR count). The molecular formula is C20H22N2O4. The number of ketones is 1. The Kier molecular flexibility index (Phi) is 5.67. The van der Waals surface area contributed by atoms with Gasteiger partial charge in [-0.15, -0.1) is 0 Å². The number of para-hydroxylation sites is 1. The molecule has 136 valence electrons. The van der Waals surface area contributed by atoms with Crippen LogP contribution in [0.2, 0.25) is 0 Å². The van der Waals surface area contributed by atoms with Gasteiger partial charge in [-0.3, -0.25) is 19.3 Å². The van der Waals surface area contributed by atoms with E-state index in [-0.39, 0.29) is 24.3 Å². The maximum Gasteiger partial charge on any atom is 0.309 e. The molecule has 6 heteroatoms. The van der Waals surface area contributed by atoms with Crippen molar-refractivity contribution >= 4 is 23.3 Å². The maximum absolute atomic E-state index is 12.4. The molecule has 1 aromatic rings. The van der Waals surface area contributed by atoms with Gasteiger partial charge in [0.2, 0.25) is 0 Å². The summed E-state index contributed by atoms with van der Waals surface area (Å²) in [5, 5.41) is 8.96. The first-order valence-corrected chi connectivity index (χ1v) is 9.03. The number of ether oxygens (including phenoxy) is 1. The molecule has 2 bridgehead atoms. The second-order valence-electron chi connectivity index (χ2n) is 6.98. The fourth-order valence-electron chi connectivity index (χ4n) is 4.00. The lowest BCUT2D eigenvalue weighted by molar-refractivity contribution is -0.156. The Labute approximate surface area is 152 Å². The first kappa shape index (κ1) is 18.1. The second kappa shape index (κ2) is 8.13. The number of anilines is 1. The number of esters is 1. The van der Waals surface area contributed by atoms with Crippen LogP contribution in [-0.2, 0) is 19.1 Å². The van der Waals surface area contributed by atoms with Gasteiger partial charge in [0.1, 0.15) is 12.3 Å². The zero-order chi connectivity index (χ0) is 18.5. The average molecular weight is 354 g/mol. The molecule has 2 aliphatic carbocycles. The van der Waals surface area contributed by atoms with Gasteiger partial charge in [-0.1, -0.05) is 24.6 Å². The Morgan fingerprint density at radius 2 is 1.81 bits per heavy atom. The van der Waals surface area contributed by atoms with Crippen LogP contribution in [0, 0.1) is 29.1 Å². The number of rotatable bonds is 5. The monoisotopic (exact) mass is 354 g/mol. The van der Waals surface area contributed by atoms with Crippen LogP contribution in [0.4, 0.5) is 5.69 Å². The van der Waals surface area contributed by atoms with Crippen molar-refractivity contribution in [3.05, 3.63) is 30.3 Å². The second-order valence-corrected chi connectivity index (χ2v) is 6.98. The lowest BCUT2D eigenvalue weighted by Crippen LogP contribution is -2.40. The molecule has 0 radical (unpaired) electrons. The van der Waals surface area contributed by atoms with Crippen molar-refractivity contribution in [3.63, 3.8) is 0 Å². The number of hydrogen-bond acceptors (Lipinski definition) is 5. The average Bonchev–Trinajstić information content (AvgIpc) is 2.64. The minimum atomic E-state index is -0.432. The SMILES string of the molecule is N#CCN(C(=O)COC(=O)C1C[C@@H]2CCC[C@@H](C1)C2=O)c1ccccc1. The van der Waals surface area contributed by atoms with E-state index >= 15 is 0 Å². The molecule has 0 aliphatic heterocycles. The Bertz CT molecular complexity index is 709. The minimum absolute atomic E-state index is 0.0323. The zero-order valence-electron chi connectivity index (χ0n) is 14.6. The van der Waals surface area contributed by atoms with Gasteiger partial charge < -0.3 is 4.74 Å². The molecular weight excluding hydrogens is 332 g/mol. The molecule has 1 amide bonds. The third-order valence-corrected chi connectivity index (χ3v) is 5.32. The highest BCUT2D eigenvalue weighted by Crippen LogP contribution is 2.40. The molecule has 0 spiro atoms. The van der Waals surface area contributed by atoms with Gasteiger partial charge in [0.05, 0.1) is 12.0 Å². The fourth-order valence-corrected chi connectivity index (χ4v) is 4.00. The number of hydrogen-bond donors (Lipinski definition) is 0. The summed E-state index contributed by atoms with van der Waals surface area (Å²) >= 11 is 0. The van der Waals surface area contributed by atoms with Gasteiger partial charge in [-0.25, -0.2) is 0 Å². The molecule has 2 atom stereocenters. The van der Waals surface area contributed by atoms with Crippen molar-refractivity contribution in [3.8, 4) is 6.07 Å². The summed E-state index contributed by atoms with van der Waals surface area (Å²) in [6.45, 7) is -0.502. The van der Waals surface area contributed by atoms with Crippen LogP contribution in [0.25, 0.3) is 0 Å². The van der Waals surface area contributed by atoms with E-state index in [0.29, 0.717) is 24.3 Å². The van der Waals surface area contributed by atoms with Crippen LogP contribution >= 0.6 is 0 Å². The number of fused-ring (bicyclic) bond motifs is 2. The lowest BCUT2D eigenvalue weighted by Gasteiger charge is -2.36. The highest BCUT2D eigenvalue weighted by molar-refractivity contribution is 5.95. The molecule has 26 heavy (non-hydrogen) atoms. The van der Waals surface area contributed by atoms with Gasteiger partial charge in [-0.05, 0) is 37.8 Å². The van der Waals surface area contributed by atoms with E-state index < -0.39 is 18.5 Å². The molecule has 0 unspecified atom stereocenters. The van der Waals surface area contributed by atoms with Crippen LogP contribution in [0.1, 0.15) is 32.1 Å². The van der Waals surface area contributed by atoms with E-state index in [1.165, 1.54) is 4.90 Å². The van der Waals surface area contributed by atoms with Gasteiger partial charge in [0.15, 0.2) is 6.61 Å². The van der Waals surface area contributed by atoms with E-state index in [4.69, 9.17) is 10.00 Å². The maximum atomic E-state index is 12.4. The van der Waals surface area contributed by atoms with Crippen LogP contribution in [0.5, 0.6) is 0 Å². The van der Waals surface area contributed by atoms with Gasteiger partial charge in [0.25, 0.3) is 5.91 Å². The van der Waals surface area contributed by atoms with Crippen molar-refractivity contribution < 1.29 is 19.1 Å². The fraction of sp³-hybridized carbons (Fsp3) is 0.500. The summed E-state index contributed by atoms with van der Waals surface area (Å²) in [5.41, 5.74) is 0.591. The molecule has 0 saturated heterocycles. The van der Waals surface area contributed by atoms with Crippen molar-refractivity contribution in [2.24, 2.45) is 17.8 Å². The summed E-state index contributed by atoms with van der Waals surface area (Å²) in [7, 11) is 0. The molecule has 2 saturated carbocycles. The zero-order valence-corrected chi connectivity index (χ0v) is 14.6. The summed E-state index contributed by atoms with van der Waals surface area (Å²) in [6, 6.07) is 10.8. The molecule has 0 heterocycles. The van der Waals surface area contributed by atoms with Gasteiger partial charge in [0, 0.05) is 17.5 Å². The summed E-state index contributed by atoms with van der Waals surface area (Å²) in [5.74, 6) is -0.922. The largest absolute Gasteiger partial charge is 0.455 e. The van der Waals surface area contributed by atoms with E-state index in [1.54, 1.807) is 24.3 Å². The summed E-state index contributed by atoms with van der Waals surface area (Å²) in [6.07, 6.45) is 3.80. The molecule has 6 nitrogen and oxygen atoms in total. The number of nitriles is 1. The quantitative estimate of drug-likeness (QED) is 0.599. The minimum Gasteiger partial charge on any atom is -0.455 e. The Balaban J connectivity index is 1.57. The standard InChI is InChI=1S/C20H22N2O4/c21-9-10-22(17-7-2-1-3-8-17)18(23)13-26-20(25)16-11-14-5-4-6-15(12-16)19(14)24/h1-3,7-8,14-16H,4-6,10-13H2/t14-,15-/m0/s1. The van der Waals surface area contributed by atoms with E-state index in [0.717, 1.165) is 19.3 Å². The van der Waals surface area contributed by atoms with Crippen molar-refractivity contribution in [2.45, 2.75) is 32.1 Å². The number of nitrogens with zero attached hydrogens (tertiary/aromatic N) is 2. The lowest BCUT2D eigenvalue weighted by atomic mass is 9.67. The Hall–Kier alpha value is -2.68. The van der Waals surface area contributed by atoms with Crippen molar-refractivity contribution in [1.82, 2.24) is 0 Å². The van der Waals surface area contributed by atoms with E-state index in [1.807, 2.05) is 12.1 Å². The van der Waals surface area contributed by atoms with Crippen LogP contribution < -0.4 is 4.90 Å². The highest BCUT2D eigenvalue weighted by Gasteiger charge is 2.42. The van der Waals surface area contributed by atoms with Gasteiger partial charge in [-0.2, -0.15) is 5.26 Å². The normalized spacial score (nSPS) is 24.4. The molecule has 2 aliphatic rings.